The first-order valence-corrected chi connectivity index (χ1v) is 11.5. The number of ether oxygens (including phenoxy) is 1. The van der Waals surface area contributed by atoms with Gasteiger partial charge in [-0.3, -0.25) is 19.3 Å². The molecule has 1 aromatic carbocycles. The molecule has 172 valence electrons. The molecule has 0 unspecified atom stereocenters. The van der Waals surface area contributed by atoms with Gasteiger partial charge < -0.3 is 14.2 Å². The molecule has 0 N–H and O–H groups in total. The van der Waals surface area contributed by atoms with Gasteiger partial charge in [0.2, 0.25) is 5.91 Å². The summed E-state index contributed by atoms with van der Waals surface area (Å²) in [5, 5.41) is -0.441. The Morgan fingerprint density at radius 3 is 2.52 bits per heavy atom. The lowest BCUT2D eigenvalue weighted by Crippen LogP contribution is -2.40. The number of aryl methyl sites for hydroxylation is 1. The van der Waals surface area contributed by atoms with Crippen molar-refractivity contribution in [2.75, 3.05) is 26.7 Å². The highest BCUT2D eigenvalue weighted by atomic mass is 32.2. The molecule has 0 radical (unpaired) electrons. The molecule has 0 saturated carbocycles. The molecular weight excluding hydrogens is 442 g/mol. The highest BCUT2D eigenvalue weighted by Gasteiger charge is 2.37. The maximum absolute atomic E-state index is 12.9. The summed E-state index contributed by atoms with van der Waals surface area (Å²) in [7, 11) is 1.34. The first-order chi connectivity index (χ1) is 15.8. The highest BCUT2D eigenvalue weighted by Crippen LogP contribution is 2.34. The number of benzene rings is 1. The minimum absolute atomic E-state index is 0.200. The maximum Gasteiger partial charge on any atom is 0.339 e. The van der Waals surface area contributed by atoms with Crippen LogP contribution in [0, 0.1) is 13.8 Å². The molecule has 3 amide bonds. The topological polar surface area (TPSA) is 88.9 Å². The molecule has 33 heavy (non-hydrogen) atoms. The van der Waals surface area contributed by atoms with Gasteiger partial charge in [-0.2, -0.15) is 0 Å². The number of nitrogens with zero attached hydrogens (tertiary/aromatic N) is 3. The molecule has 2 aromatic rings. The van der Waals surface area contributed by atoms with Crippen LogP contribution < -0.4 is 0 Å². The second-order valence-corrected chi connectivity index (χ2v) is 9.02. The molecule has 4 rings (SSSR count). The van der Waals surface area contributed by atoms with Gasteiger partial charge in [-0.1, -0.05) is 12.1 Å². The second kappa shape index (κ2) is 9.27. The third-order valence-corrected chi connectivity index (χ3v) is 6.84. The Hall–Kier alpha value is -3.33. The van der Waals surface area contributed by atoms with Gasteiger partial charge in [0, 0.05) is 24.5 Å². The Bertz CT molecular complexity index is 1180. The largest absolute Gasteiger partial charge is 0.465 e. The molecular formula is C24H25N3O5S. The predicted octanol–water partition coefficient (Wildman–Crippen LogP) is 3.54. The zero-order valence-electron chi connectivity index (χ0n) is 18.8. The number of methoxy groups -OCH3 is 1. The molecule has 1 aromatic heterocycles. The average Bonchev–Trinajstić information content (AvgIpc) is 3.50. The van der Waals surface area contributed by atoms with Crippen molar-refractivity contribution in [3.8, 4) is 5.69 Å². The van der Waals surface area contributed by atoms with Crippen LogP contribution in [0.15, 0.2) is 35.2 Å². The van der Waals surface area contributed by atoms with Crippen LogP contribution in [0.5, 0.6) is 0 Å². The first kappa shape index (κ1) is 22.8. The number of carbonyl (C=O) groups excluding carboxylic acids is 4. The van der Waals surface area contributed by atoms with E-state index in [1.807, 2.05) is 36.6 Å². The summed E-state index contributed by atoms with van der Waals surface area (Å²) in [6.07, 6.45) is 3.56. The van der Waals surface area contributed by atoms with E-state index in [1.165, 1.54) is 7.11 Å². The van der Waals surface area contributed by atoms with Crippen molar-refractivity contribution in [2.24, 2.45) is 0 Å². The number of amides is 3. The summed E-state index contributed by atoms with van der Waals surface area (Å²) < 4.78 is 6.83. The number of aromatic nitrogens is 1. The molecule has 0 aliphatic carbocycles. The van der Waals surface area contributed by atoms with Crippen LogP contribution in [-0.4, -0.2) is 64.1 Å². The van der Waals surface area contributed by atoms with Crippen LogP contribution in [-0.2, 0) is 14.3 Å². The maximum atomic E-state index is 12.9. The van der Waals surface area contributed by atoms with Gasteiger partial charge in [0.15, 0.2) is 0 Å². The van der Waals surface area contributed by atoms with E-state index in [0.717, 1.165) is 46.5 Å². The number of esters is 1. The molecule has 2 aliphatic rings. The van der Waals surface area contributed by atoms with Crippen molar-refractivity contribution in [3.05, 3.63) is 57.8 Å². The molecule has 0 bridgehead atoms. The van der Waals surface area contributed by atoms with Crippen LogP contribution in [0.3, 0.4) is 0 Å². The highest BCUT2D eigenvalue weighted by molar-refractivity contribution is 8.18. The van der Waals surface area contributed by atoms with Crippen molar-refractivity contribution >= 4 is 40.9 Å². The van der Waals surface area contributed by atoms with E-state index in [1.54, 1.807) is 23.1 Å². The number of hydrogen-bond acceptors (Lipinski definition) is 6. The van der Waals surface area contributed by atoms with E-state index in [0.29, 0.717) is 24.3 Å². The minimum atomic E-state index is -0.461. The average molecular weight is 468 g/mol. The fourth-order valence-electron chi connectivity index (χ4n) is 4.23. The Morgan fingerprint density at radius 1 is 1.12 bits per heavy atom. The standard InChI is InChI=1S/C24H25N3O5S/c1-15-12-17(16(2)27(15)19-9-5-4-8-18(19)23(30)32-3)13-20-22(29)26(24(31)33-20)14-21(28)25-10-6-7-11-25/h4-5,8-9,12-13H,6-7,10-11,14H2,1-3H3/b20-13+. The summed E-state index contributed by atoms with van der Waals surface area (Å²) in [5.41, 5.74) is 3.52. The van der Waals surface area contributed by atoms with Gasteiger partial charge >= 0.3 is 5.97 Å². The van der Waals surface area contributed by atoms with Crippen molar-refractivity contribution in [3.63, 3.8) is 0 Å². The van der Waals surface area contributed by atoms with Crippen LogP contribution in [0.2, 0.25) is 0 Å². The lowest BCUT2D eigenvalue weighted by molar-refractivity contribution is -0.135. The molecule has 8 nitrogen and oxygen atoms in total. The molecule has 2 aliphatic heterocycles. The number of hydrogen-bond donors (Lipinski definition) is 0. The monoisotopic (exact) mass is 467 g/mol. The SMILES string of the molecule is COC(=O)c1ccccc1-n1c(C)cc(/C=C2/SC(=O)N(CC(=O)N3CCCC3)C2=O)c1C. The Labute approximate surface area is 196 Å². The van der Waals surface area contributed by atoms with Crippen molar-refractivity contribution in [1.29, 1.82) is 0 Å². The van der Waals surface area contributed by atoms with E-state index >= 15 is 0 Å². The fraction of sp³-hybridized carbons (Fsp3) is 0.333. The van der Waals surface area contributed by atoms with Gasteiger partial charge in [-0.25, -0.2) is 4.79 Å². The van der Waals surface area contributed by atoms with Gasteiger partial charge in [0.25, 0.3) is 11.1 Å². The van der Waals surface area contributed by atoms with Crippen LogP contribution >= 0.6 is 11.8 Å². The van der Waals surface area contributed by atoms with E-state index in [4.69, 9.17) is 4.74 Å². The summed E-state index contributed by atoms with van der Waals surface area (Å²) in [6, 6.07) is 9.02. The lowest BCUT2D eigenvalue weighted by atomic mass is 10.1. The molecule has 0 spiro atoms. The third-order valence-electron chi connectivity index (χ3n) is 5.93. The second-order valence-electron chi connectivity index (χ2n) is 8.03. The third kappa shape index (κ3) is 4.32. The van der Waals surface area contributed by atoms with Gasteiger partial charge in [0.05, 0.1) is 23.3 Å². The van der Waals surface area contributed by atoms with Crippen LogP contribution in [0.1, 0.15) is 40.2 Å². The normalized spacial score (nSPS) is 17.4. The number of para-hydroxylation sites is 1. The van der Waals surface area contributed by atoms with E-state index < -0.39 is 17.1 Å². The van der Waals surface area contributed by atoms with Crippen LogP contribution in [0.25, 0.3) is 11.8 Å². The van der Waals surface area contributed by atoms with Crippen molar-refractivity contribution < 1.29 is 23.9 Å². The summed E-state index contributed by atoms with van der Waals surface area (Å²) >= 11 is 0.837. The number of likely N-dealkylation sites (tertiary alicyclic amines) is 1. The smallest absolute Gasteiger partial charge is 0.339 e. The summed E-state index contributed by atoms with van der Waals surface area (Å²) in [4.78, 5) is 53.0. The minimum Gasteiger partial charge on any atom is -0.465 e. The molecule has 2 fully saturated rings. The van der Waals surface area contributed by atoms with Crippen LogP contribution in [0.4, 0.5) is 4.79 Å². The molecule has 0 atom stereocenters. The molecule has 3 heterocycles. The van der Waals surface area contributed by atoms with E-state index in [2.05, 4.69) is 0 Å². The molecule has 9 heteroatoms. The summed E-state index contributed by atoms with van der Waals surface area (Å²) in [6.45, 7) is 4.90. The van der Waals surface area contributed by atoms with Gasteiger partial charge in [-0.15, -0.1) is 0 Å². The zero-order chi connectivity index (χ0) is 23.7. The van der Waals surface area contributed by atoms with Gasteiger partial charge in [0.1, 0.15) is 6.54 Å². The van der Waals surface area contributed by atoms with E-state index in [-0.39, 0.29) is 17.4 Å². The Morgan fingerprint density at radius 2 is 1.82 bits per heavy atom. The van der Waals surface area contributed by atoms with E-state index in [9.17, 15) is 19.2 Å². The predicted molar refractivity (Wildman–Crippen MR) is 125 cm³/mol. The number of carbonyl (C=O) groups is 4. The Balaban J connectivity index is 1.62. The Kier molecular flexibility index (Phi) is 6.42. The molecule has 2 saturated heterocycles. The lowest BCUT2D eigenvalue weighted by Gasteiger charge is -2.18. The fourth-order valence-corrected chi connectivity index (χ4v) is 5.06. The number of imide groups is 1. The number of rotatable bonds is 5. The van der Waals surface area contributed by atoms with Crippen molar-refractivity contribution in [1.82, 2.24) is 14.4 Å². The van der Waals surface area contributed by atoms with Crippen molar-refractivity contribution in [2.45, 2.75) is 26.7 Å². The van der Waals surface area contributed by atoms with Gasteiger partial charge in [-0.05, 0) is 68.3 Å². The zero-order valence-corrected chi connectivity index (χ0v) is 19.6. The first-order valence-electron chi connectivity index (χ1n) is 10.7. The quantitative estimate of drug-likeness (QED) is 0.494. The summed E-state index contributed by atoms with van der Waals surface area (Å²) in [5.74, 6) is -1.10. The number of thioether (sulfide) groups is 1.